The van der Waals surface area contributed by atoms with Crippen LogP contribution in [0.4, 0.5) is 11.8 Å². The van der Waals surface area contributed by atoms with Crippen LogP contribution in [0.5, 0.6) is 0 Å². The van der Waals surface area contributed by atoms with Gasteiger partial charge < -0.3 is 10.2 Å². The molecule has 2 fully saturated rings. The normalized spacial score (nSPS) is 22.1. The maximum Gasteiger partial charge on any atom is 0.224 e. The minimum atomic E-state index is 0.457. The Labute approximate surface area is 172 Å². The van der Waals surface area contributed by atoms with Gasteiger partial charge in [0.1, 0.15) is 5.82 Å². The van der Waals surface area contributed by atoms with Gasteiger partial charge >= 0.3 is 0 Å². The second kappa shape index (κ2) is 11.6. The highest BCUT2D eigenvalue weighted by Gasteiger charge is 2.24. The van der Waals surface area contributed by atoms with Gasteiger partial charge in [-0.05, 0) is 51.1 Å². The Kier molecular flexibility index (Phi) is 8.84. The summed E-state index contributed by atoms with van der Waals surface area (Å²) in [5.41, 5.74) is 0. The highest BCUT2D eigenvalue weighted by Crippen LogP contribution is 2.22. The quantitative estimate of drug-likeness (QED) is 0.673. The monoisotopic (exact) mass is 387 g/mol. The summed E-state index contributed by atoms with van der Waals surface area (Å²) in [5, 5.41) is 3.69. The first kappa shape index (κ1) is 21.4. The third-order valence-electron chi connectivity index (χ3n) is 6.37. The number of hydrogen-bond acceptors (Lipinski definition) is 5. The van der Waals surface area contributed by atoms with Crippen molar-refractivity contribution in [1.29, 1.82) is 0 Å². The van der Waals surface area contributed by atoms with Crippen LogP contribution in [0.2, 0.25) is 0 Å². The lowest BCUT2D eigenvalue weighted by molar-refractivity contribution is 0.177. The van der Waals surface area contributed by atoms with Gasteiger partial charge in [0.15, 0.2) is 0 Å². The summed E-state index contributed by atoms with van der Waals surface area (Å²) in [6, 6.07) is 3.27. The Balaban J connectivity index is 1.63. The minimum absolute atomic E-state index is 0.457. The van der Waals surface area contributed by atoms with E-state index in [0.29, 0.717) is 6.04 Å². The molecule has 0 aromatic carbocycles. The SMILES string of the molecule is CCCC(CCC)N1CCCCC(Nc2nccc(N3CCCCCC3)n2)C1. The molecule has 28 heavy (non-hydrogen) atoms. The molecule has 2 aliphatic rings. The molecule has 1 N–H and O–H groups in total. The molecule has 2 aliphatic heterocycles. The van der Waals surface area contributed by atoms with Gasteiger partial charge in [0.25, 0.3) is 0 Å². The number of likely N-dealkylation sites (tertiary alicyclic amines) is 1. The molecule has 3 rings (SSSR count). The van der Waals surface area contributed by atoms with Crippen LogP contribution in [0.25, 0.3) is 0 Å². The van der Waals surface area contributed by atoms with E-state index in [9.17, 15) is 0 Å². The zero-order valence-corrected chi connectivity index (χ0v) is 18.2. The molecule has 1 atom stereocenters. The zero-order chi connectivity index (χ0) is 19.6. The fourth-order valence-corrected chi connectivity index (χ4v) is 4.87. The molecule has 2 saturated heterocycles. The molecule has 1 unspecified atom stereocenters. The molecular weight excluding hydrogens is 346 g/mol. The molecule has 0 amide bonds. The van der Waals surface area contributed by atoms with Gasteiger partial charge in [0, 0.05) is 37.9 Å². The van der Waals surface area contributed by atoms with Crippen molar-refractivity contribution in [2.45, 2.75) is 96.6 Å². The van der Waals surface area contributed by atoms with Gasteiger partial charge in [0.05, 0.1) is 0 Å². The summed E-state index contributed by atoms with van der Waals surface area (Å²) in [7, 11) is 0. The largest absolute Gasteiger partial charge is 0.356 e. The molecule has 0 aliphatic carbocycles. The van der Waals surface area contributed by atoms with Gasteiger partial charge in [-0.3, -0.25) is 4.90 Å². The summed E-state index contributed by atoms with van der Waals surface area (Å²) in [4.78, 5) is 14.6. The fourth-order valence-electron chi connectivity index (χ4n) is 4.87. The Hall–Kier alpha value is -1.36. The van der Waals surface area contributed by atoms with Crippen LogP contribution in [0.1, 0.15) is 84.5 Å². The Morgan fingerprint density at radius 1 is 1.00 bits per heavy atom. The van der Waals surface area contributed by atoms with Gasteiger partial charge in [0.2, 0.25) is 5.95 Å². The van der Waals surface area contributed by atoms with Crippen LogP contribution in [-0.2, 0) is 0 Å². The van der Waals surface area contributed by atoms with Crippen molar-refractivity contribution in [3.8, 4) is 0 Å². The van der Waals surface area contributed by atoms with E-state index in [1.165, 1.54) is 77.2 Å². The van der Waals surface area contributed by atoms with Crippen molar-refractivity contribution in [1.82, 2.24) is 14.9 Å². The van der Waals surface area contributed by atoms with E-state index in [4.69, 9.17) is 4.98 Å². The molecule has 1 aromatic heterocycles. The molecule has 158 valence electrons. The summed E-state index contributed by atoms with van der Waals surface area (Å²) in [6.07, 6.45) is 16.2. The van der Waals surface area contributed by atoms with E-state index < -0.39 is 0 Å². The van der Waals surface area contributed by atoms with Gasteiger partial charge in [-0.1, -0.05) is 46.0 Å². The molecular formula is C23H41N5. The standard InChI is InChI=1S/C23H41N5/c1-3-11-21(12-4-2)28-18-10-7-13-20(19-28)25-23-24-15-14-22(26-23)27-16-8-5-6-9-17-27/h14-15,20-21H,3-13,16-19H2,1-2H3,(H,24,25,26). The van der Waals surface area contributed by atoms with Gasteiger partial charge in [-0.25, -0.2) is 4.98 Å². The number of anilines is 2. The number of nitrogens with zero attached hydrogens (tertiary/aromatic N) is 4. The van der Waals surface area contributed by atoms with E-state index >= 15 is 0 Å². The van der Waals surface area contributed by atoms with Crippen LogP contribution in [0.15, 0.2) is 12.3 Å². The van der Waals surface area contributed by atoms with E-state index in [2.05, 4.69) is 40.0 Å². The maximum absolute atomic E-state index is 4.89. The Bertz CT molecular complexity index is 550. The molecule has 5 nitrogen and oxygen atoms in total. The summed E-state index contributed by atoms with van der Waals surface area (Å²) in [6.45, 7) is 9.27. The Morgan fingerprint density at radius 2 is 1.71 bits per heavy atom. The summed E-state index contributed by atoms with van der Waals surface area (Å²) < 4.78 is 0. The summed E-state index contributed by atoms with van der Waals surface area (Å²) in [5.74, 6) is 1.91. The number of aromatic nitrogens is 2. The number of nitrogens with one attached hydrogen (secondary N) is 1. The lowest BCUT2D eigenvalue weighted by Gasteiger charge is -2.33. The Morgan fingerprint density at radius 3 is 2.43 bits per heavy atom. The average Bonchev–Trinajstić information content (AvgIpc) is 3.11. The van der Waals surface area contributed by atoms with Crippen LogP contribution in [-0.4, -0.2) is 53.1 Å². The van der Waals surface area contributed by atoms with Crippen molar-refractivity contribution in [2.24, 2.45) is 0 Å². The number of rotatable bonds is 8. The maximum atomic E-state index is 4.89. The molecule has 1 aromatic rings. The second-order valence-electron chi connectivity index (χ2n) is 8.70. The fraction of sp³-hybridized carbons (Fsp3) is 0.826. The molecule has 5 heteroatoms. The highest BCUT2D eigenvalue weighted by molar-refractivity contribution is 5.43. The van der Waals surface area contributed by atoms with Crippen LogP contribution < -0.4 is 10.2 Å². The first-order valence-electron chi connectivity index (χ1n) is 11.9. The zero-order valence-electron chi connectivity index (χ0n) is 18.2. The van der Waals surface area contributed by atoms with Crippen molar-refractivity contribution in [3.63, 3.8) is 0 Å². The highest BCUT2D eigenvalue weighted by atomic mass is 15.2. The van der Waals surface area contributed by atoms with Crippen molar-refractivity contribution in [2.75, 3.05) is 36.4 Å². The predicted molar refractivity (Wildman–Crippen MR) is 119 cm³/mol. The predicted octanol–water partition coefficient (Wildman–Crippen LogP) is 5.09. The molecule has 0 bridgehead atoms. The number of hydrogen-bond donors (Lipinski definition) is 1. The van der Waals surface area contributed by atoms with Gasteiger partial charge in [-0.15, -0.1) is 0 Å². The van der Waals surface area contributed by atoms with Crippen molar-refractivity contribution in [3.05, 3.63) is 12.3 Å². The summed E-state index contributed by atoms with van der Waals surface area (Å²) >= 11 is 0. The van der Waals surface area contributed by atoms with E-state index in [1.54, 1.807) is 0 Å². The lowest BCUT2D eigenvalue weighted by Crippen LogP contribution is -2.42. The average molecular weight is 388 g/mol. The molecule has 0 radical (unpaired) electrons. The molecule has 3 heterocycles. The van der Waals surface area contributed by atoms with Gasteiger partial charge in [-0.2, -0.15) is 4.98 Å². The first-order valence-corrected chi connectivity index (χ1v) is 11.9. The van der Waals surface area contributed by atoms with E-state index in [-0.39, 0.29) is 0 Å². The van der Waals surface area contributed by atoms with E-state index in [1.807, 2.05) is 6.20 Å². The topological polar surface area (TPSA) is 44.3 Å². The first-order chi connectivity index (χ1) is 13.8. The molecule has 0 saturated carbocycles. The van der Waals surface area contributed by atoms with Crippen molar-refractivity contribution < 1.29 is 0 Å². The van der Waals surface area contributed by atoms with Crippen LogP contribution in [0.3, 0.4) is 0 Å². The lowest BCUT2D eigenvalue weighted by atomic mass is 10.0. The third-order valence-corrected chi connectivity index (χ3v) is 6.37. The van der Waals surface area contributed by atoms with Crippen molar-refractivity contribution >= 4 is 11.8 Å². The van der Waals surface area contributed by atoms with E-state index in [0.717, 1.165) is 37.4 Å². The third kappa shape index (κ3) is 6.33. The smallest absolute Gasteiger partial charge is 0.224 e. The second-order valence-corrected chi connectivity index (χ2v) is 8.70. The van der Waals surface area contributed by atoms with Crippen LogP contribution >= 0.6 is 0 Å². The molecule has 0 spiro atoms. The minimum Gasteiger partial charge on any atom is -0.356 e. The van der Waals surface area contributed by atoms with Crippen LogP contribution in [0, 0.1) is 0 Å².